The van der Waals surface area contributed by atoms with E-state index in [1.807, 2.05) is 42.1 Å². The smallest absolute Gasteiger partial charge is 0.263 e. The van der Waals surface area contributed by atoms with Crippen molar-refractivity contribution in [3.8, 4) is 20.9 Å². The molecule has 0 bridgehead atoms. The van der Waals surface area contributed by atoms with E-state index in [1.165, 1.54) is 16.8 Å². The molecule has 0 saturated carbocycles. The Kier molecular flexibility index (Phi) is 4.65. The van der Waals surface area contributed by atoms with E-state index in [-0.39, 0.29) is 10.0 Å². The van der Waals surface area contributed by atoms with Gasteiger partial charge in [-0.2, -0.15) is 4.37 Å². The van der Waals surface area contributed by atoms with E-state index in [0.717, 1.165) is 32.9 Å². The van der Waals surface area contributed by atoms with E-state index >= 15 is 0 Å². The fourth-order valence-electron chi connectivity index (χ4n) is 3.36. The molecule has 0 aliphatic carbocycles. The van der Waals surface area contributed by atoms with Crippen LogP contribution in [0.4, 0.5) is 5.13 Å². The molecular formula is C21H16N4O2S3. The second-order valence-electron chi connectivity index (χ2n) is 6.71. The second kappa shape index (κ2) is 7.35. The number of hydrogen-bond donors (Lipinski definition) is 1. The number of nitrogens with one attached hydrogen (secondary N) is 1. The first-order valence-corrected chi connectivity index (χ1v) is 12.1. The third-order valence-corrected chi connectivity index (χ3v) is 8.00. The summed E-state index contributed by atoms with van der Waals surface area (Å²) in [4.78, 5) is 6.42. The molecule has 0 radical (unpaired) electrons. The van der Waals surface area contributed by atoms with Gasteiger partial charge in [-0.1, -0.05) is 36.4 Å². The van der Waals surface area contributed by atoms with Crippen molar-refractivity contribution in [2.45, 2.75) is 4.90 Å². The lowest BCUT2D eigenvalue weighted by Crippen LogP contribution is -2.12. The van der Waals surface area contributed by atoms with Crippen molar-refractivity contribution in [2.24, 2.45) is 7.05 Å². The Morgan fingerprint density at radius 3 is 2.57 bits per heavy atom. The van der Waals surface area contributed by atoms with Crippen molar-refractivity contribution < 1.29 is 8.42 Å². The van der Waals surface area contributed by atoms with E-state index in [0.29, 0.717) is 0 Å². The zero-order valence-electron chi connectivity index (χ0n) is 15.8. The molecule has 0 atom stereocenters. The van der Waals surface area contributed by atoms with Gasteiger partial charge in [-0.05, 0) is 29.8 Å². The Balaban J connectivity index is 1.54. The van der Waals surface area contributed by atoms with Crippen molar-refractivity contribution in [1.29, 1.82) is 0 Å². The number of sulfonamides is 1. The minimum Gasteiger partial charge on any atom is -0.350 e. The molecule has 5 aromatic rings. The molecule has 30 heavy (non-hydrogen) atoms. The number of anilines is 1. The molecular weight excluding hydrogens is 436 g/mol. The van der Waals surface area contributed by atoms with E-state index in [1.54, 1.807) is 23.5 Å². The third-order valence-electron chi connectivity index (χ3n) is 4.79. The Morgan fingerprint density at radius 2 is 1.80 bits per heavy atom. The molecule has 3 aromatic heterocycles. The lowest BCUT2D eigenvalue weighted by atomic mass is 10.1. The minimum atomic E-state index is -3.73. The summed E-state index contributed by atoms with van der Waals surface area (Å²) in [5.41, 5.74) is 3.12. The molecule has 0 amide bonds. The summed E-state index contributed by atoms with van der Waals surface area (Å²) >= 11 is 2.72. The van der Waals surface area contributed by atoms with Gasteiger partial charge in [0.05, 0.1) is 4.90 Å². The number of rotatable bonds is 5. The summed E-state index contributed by atoms with van der Waals surface area (Å²) in [5.74, 6) is 0. The SMILES string of the molecule is Cn1cc(-c2ccc(-c3ccccc3)s2)c2ccc(S(=O)(=O)Nc3ncns3)cc21. The average Bonchev–Trinajstić information content (AvgIpc) is 3.49. The van der Waals surface area contributed by atoms with Crippen LogP contribution in [0.15, 0.2) is 78.1 Å². The monoisotopic (exact) mass is 452 g/mol. The molecule has 6 nitrogen and oxygen atoms in total. The van der Waals surface area contributed by atoms with E-state index in [4.69, 9.17) is 0 Å². The number of fused-ring (bicyclic) bond motifs is 1. The van der Waals surface area contributed by atoms with Crippen molar-refractivity contribution in [3.63, 3.8) is 0 Å². The van der Waals surface area contributed by atoms with Crippen LogP contribution in [0.1, 0.15) is 0 Å². The molecule has 9 heteroatoms. The maximum Gasteiger partial charge on any atom is 0.263 e. The van der Waals surface area contributed by atoms with Gasteiger partial charge in [0.15, 0.2) is 0 Å². The van der Waals surface area contributed by atoms with Crippen molar-refractivity contribution in [1.82, 2.24) is 13.9 Å². The van der Waals surface area contributed by atoms with Crippen LogP contribution in [-0.4, -0.2) is 22.3 Å². The molecule has 0 unspecified atom stereocenters. The fraction of sp³-hybridized carbons (Fsp3) is 0.0476. The van der Waals surface area contributed by atoms with Gasteiger partial charge in [-0.15, -0.1) is 11.3 Å². The predicted molar refractivity (Wildman–Crippen MR) is 122 cm³/mol. The van der Waals surface area contributed by atoms with Crippen LogP contribution < -0.4 is 4.72 Å². The highest BCUT2D eigenvalue weighted by Gasteiger charge is 2.19. The zero-order valence-corrected chi connectivity index (χ0v) is 18.3. The molecule has 0 aliphatic heterocycles. The molecule has 3 heterocycles. The maximum absolute atomic E-state index is 12.7. The first-order chi connectivity index (χ1) is 14.5. The summed E-state index contributed by atoms with van der Waals surface area (Å²) in [6.45, 7) is 0. The first-order valence-electron chi connectivity index (χ1n) is 9.05. The number of aryl methyl sites for hydroxylation is 1. The Bertz CT molecular complexity index is 1440. The molecule has 0 fully saturated rings. The predicted octanol–water partition coefficient (Wildman–Crippen LogP) is 5.23. The summed E-state index contributed by atoms with van der Waals surface area (Å²) in [5, 5.41) is 1.25. The summed E-state index contributed by atoms with van der Waals surface area (Å²) in [7, 11) is -1.81. The Hall–Kier alpha value is -3.01. The van der Waals surface area contributed by atoms with Crippen LogP contribution >= 0.6 is 22.9 Å². The van der Waals surface area contributed by atoms with Crippen LogP contribution in [0.5, 0.6) is 0 Å². The van der Waals surface area contributed by atoms with E-state index < -0.39 is 10.0 Å². The number of benzene rings is 2. The molecule has 0 saturated heterocycles. The lowest BCUT2D eigenvalue weighted by molar-refractivity contribution is 0.601. The van der Waals surface area contributed by atoms with Crippen molar-refractivity contribution >= 4 is 48.9 Å². The van der Waals surface area contributed by atoms with Gasteiger partial charge in [0.1, 0.15) is 6.33 Å². The summed E-state index contributed by atoms with van der Waals surface area (Å²) < 4.78 is 33.7. The van der Waals surface area contributed by atoms with Crippen LogP contribution in [0.2, 0.25) is 0 Å². The van der Waals surface area contributed by atoms with E-state index in [9.17, 15) is 8.42 Å². The molecule has 150 valence electrons. The summed E-state index contributed by atoms with van der Waals surface area (Å²) in [6, 6.07) is 19.7. The first kappa shape index (κ1) is 19.0. The standard InChI is InChI=1S/C21H16N4O2S3/c1-25-12-17(20-10-9-19(28-20)14-5-3-2-4-6-14)16-8-7-15(11-18(16)25)30(26,27)24-21-22-13-23-29-21/h2-13H,1H3,(H,22,23,24). The topological polar surface area (TPSA) is 76.9 Å². The quantitative estimate of drug-likeness (QED) is 0.396. The molecule has 5 rings (SSSR count). The van der Waals surface area contributed by atoms with E-state index in [2.05, 4.69) is 38.3 Å². The normalized spacial score (nSPS) is 11.8. The third kappa shape index (κ3) is 3.41. The lowest BCUT2D eigenvalue weighted by Gasteiger charge is -2.06. The number of aromatic nitrogens is 3. The molecule has 0 spiro atoms. The van der Waals surface area contributed by atoms with Crippen LogP contribution in [-0.2, 0) is 17.1 Å². The van der Waals surface area contributed by atoms with Gasteiger partial charge in [-0.3, -0.25) is 4.72 Å². The van der Waals surface area contributed by atoms with Crippen LogP contribution in [0, 0.1) is 0 Å². The highest BCUT2D eigenvalue weighted by Crippen LogP contribution is 2.39. The van der Waals surface area contributed by atoms with Gasteiger partial charge >= 0.3 is 0 Å². The van der Waals surface area contributed by atoms with Gasteiger partial charge in [0.25, 0.3) is 10.0 Å². The number of nitrogens with zero attached hydrogens (tertiary/aromatic N) is 3. The number of thiophene rings is 1. The summed E-state index contributed by atoms with van der Waals surface area (Å²) in [6.07, 6.45) is 3.36. The van der Waals surface area contributed by atoms with Gasteiger partial charge < -0.3 is 4.57 Å². The van der Waals surface area contributed by atoms with Crippen molar-refractivity contribution in [3.05, 3.63) is 73.2 Å². The van der Waals surface area contributed by atoms with Gasteiger partial charge in [0, 0.05) is 51.0 Å². The minimum absolute atomic E-state index is 0.189. The second-order valence-corrected chi connectivity index (χ2v) is 10.3. The Morgan fingerprint density at radius 1 is 1.00 bits per heavy atom. The largest absolute Gasteiger partial charge is 0.350 e. The highest BCUT2D eigenvalue weighted by molar-refractivity contribution is 7.93. The Labute approximate surface area is 181 Å². The zero-order chi connectivity index (χ0) is 20.7. The van der Waals surface area contributed by atoms with Gasteiger partial charge in [-0.25, -0.2) is 13.4 Å². The average molecular weight is 453 g/mol. The van der Waals surface area contributed by atoms with Crippen LogP contribution in [0.3, 0.4) is 0 Å². The highest BCUT2D eigenvalue weighted by atomic mass is 32.2. The maximum atomic E-state index is 12.7. The van der Waals surface area contributed by atoms with Crippen LogP contribution in [0.25, 0.3) is 31.8 Å². The number of hydrogen-bond acceptors (Lipinski definition) is 6. The van der Waals surface area contributed by atoms with Gasteiger partial charge in [0.2, 0.25) is 5.13 Å². The fourth-order valence-corrected chi connectivity index (χ4v) is 6.08. The molecule has 2 aromatic carbocycles. The molecule has 1 N–H and O–H groups in total. The van der Waals surface area contributed by atoms with Crippen molar-refractivity contribution in [2.75, 3.05) is 4.72 Å². The molecule has 0 aliphatic rings.